The molecule has 2 unspecified atom stereocenters. The average Bonchev–Trinajstić information content (AvgIpc) is 2.75. The Hall–Kier alpha value is -1.10. The van der Waals surface area contributed by atoms with Crippen molar-refractivity contribution in [1.82, 2.24) is 10.6 Å². The highest BCUT2D eigenvalue weighted by atomic mass is 16.4. The zero-order valence-corrected chi connectivity index (χ0v) is 10.7. The lowest BCUT2D eigenvalue weighted by Gasteiger charge is -2.31. The van der Waals surface area contributed by atoms with E-state index in [1.54, 1.807) is 6.92 Å². The Morgan fingerprint density at radius 1 is 1.41 bits per heavy atom. The van der Waals surface area contributed by atoms with Crippen molar-refractivity contribution in [2.45, 2.75) is 27.2 Å². The summed E-state index contributed by atoms with van der Waals surface area (Å²) in [7, 11) is 0. The Bertz CT molecular complexity index is 296. The van der Waals surface area contributed by atoms with Crippen molar-refractivity contribution in [2.24, 2.45) is 17.3 Å². The molecule has 0 spiro atoms. The molecule has 2 atom stereocenters. The van der Waals surface area contributed by atoms with Gasteiger partial charge in [0.25, 0.3) is 0 Å². The van der Waals surface area contributed by atoms with Crippen LogP contribution in [-0.2, 0) is 9.59 Å². The van der Waals surface area contributed by atoms with E-state index in [-0.39, 0.29) is 23.8 Å². The third kappa shape index (κ3) is 2.97. The van der Waals surface area contributed by atoms with Crippen LogP contribution in [0.15, 0.2) is 0 Å². The van der Waals surface area contributed by atoms with E-state index < -0.39 is 11.9 Å². The normalized spacial score (nSPS) is 25.9. The minimum atomic E-state index is -0.881. The third-order valence-corrected chi connectivity index (χ3v) is 3.74. The molecule has 0 bridgehead atoms. The number of carbonyl (C=O) groups is 2. The maximum absolute atomic E-state index is 12.2. The molecule has 0 aromatic heterocycles. The molecule has 1 heterocycles. The molecule has 5 heteroatoms. The molecular formula is C12H22N2O3. The quantitative estimate of drug-likeness (QED) is 0.654. The number of nitrogens with one attached hydrogen (secondary N) is 2. The smallest absolute Gasteiger partial charge is 0.308 e. The van der Waals surface area contributed by atoms with Crippen LogP contribution in [0.1, 0.15) is 27.2 Å². The maximum atomic E-state index is 12.2. The van der Waals surface area contributed by atoms with Gasteiger partial charge in [-0.05, 0) is 18.9 Å². The molecule has 0 radical (unpaired) electrons. The van der Waals surface area contributed by atoms with Crippen molar-refractivity contribution >= 4 is 11.9 Å². The van der Waals surface area contributed by atoms with Crippen LogP contribution in [0.25, 0.3) is 0 Å². The van der Waals surface area contributed by atoms with Crippen LogP contribution in [0.5, 0.6) is 0 Å². The highest BCUT2D eigenvalue weighted by Crippen LogP contribution is 2.34. The monoisotopic (exact) mass is 242 g/mol. The molecule has 5 nitrogen and oxygen atoms in total. The van der Waals surface area contributed by atoms with Crippen LogP contribution in [0.3, 0.4) is 0 Å². The van der Waals surface area contributed by atoms with E-state index in [0.717, 1.165) is 13.0 Å². The van der Waals surface area contributed by atoms with E-state index in [2.05, 4.69) is 10.6 Å². The number of carboxylic acids is 1. The zero-order valence-electron chi connectivity index (χ0n) is 10.7. The Morgan fingerprint density at radius 2 is 2.06 bits per heavy atom. The third-order valence-electron chi connectivity index (χ3n) is 3.74. The number of carboxylic acid groups (broad SMARTS) is 1. The van der Waals surface area contributed by atoms with E-state index in [9.17, 15) is 9.59 Å². The van der Waals surface area contributed by atoms with Crippen LogP contribution in [0, 0.1) is 17.3 Å². The predicted molar refractivity (Wildman–Crippen MR) is 64.6 cm³/mol. The first-order valence-electron chi connectivity index (χ1n) is 6.12. The molecule has 0 saturated carbocycles. The second-order valence-corrected chi connectivity index (χ2v) is 5.19. The Labute approximate surface area is 102 Å². The molecule has 1 saturated heterocycles. The van der Waals surface area contributed by atoms with Crippen molar-refractivity contribution < 1.29 is 14.7 Å². The second kappa shape index (κ2) is 5.49. The van der Waals surface area contributed by atoms with Crippen LogP contribution in [-0.4, -0.2) is 36.6 Å². The van der Waals surface area contributed by atoms with Crippen molar-refractivity contribution in [3.8, 4) is 0 Å². The SMILES string of the molecule is CC(CNC(=O)C1(C(C)C)CCNC1)C(=O)O. The second-order valence-electron chi connectivity index (χ2n) is 5.19. The molecule has 1 rings (SSSR count). The van der Waals surface area contributed by atoms with Gasteiger partial charge in [0.1, 0.15) is 0 Å². The molecule has 1 amide bonds. The lowest BCUT2D eigenvalue weighted by atomic mass is 9.75. The number of amides is 1. The summed E-state index contributed by atoms with van der Waals surface area (Å²) >= 11 is 0. The lowest BCUT2D eigenvalue weighted by Crippen LogP contribution is -2.47. The Morgan fingerprint density at radius 3 is 2.47 bits per heavy atom. The average molecular weight is 242 g/mol. The van der Waals surface area contributed by atoms with Gasteiger partial charge in [-0.3, -0.25) is 9.59 Å². The summed E-state index contributed by atoms with van der Waals surface area (Å²) in [5.41, 5.74) is -0.377. The number of rotatable bonds is 5. The number of hydrogen-bond donors (Lipinski definition) is 3. The van der Waals surface area contributed by atoms with E-state index >= 15 is 0 Å². The summed E-state index contributed by atoms with van der Waals surface area (Å²) in [5.74, 6) is -1.20. The van der Waals surface area contributed by atoms with Crippen molar-refractivity contribution in [3.63, 3.8) is 0 Å². The first-order chi connectivity index (χ1) is 7.90. The fourth-order valence-corrected chi connectivity index (χ4v) is 2.17. The summed E-state index contributed by atoms with van der Waals surface area (Å²) in [5, 5.41) is 14.7. The highest BCUT2D eigenvalue weighted by Gasteiger charge is 2.43. The maximum Gasteiger partial charge on any atom is 0.308 e. The van der Waals surface area contributed by atoms with Gasteiger partial charge in [0, 0.05) is 13.1 Å². The van der Waals surface area contributed by atoms with Gasteiger partial charge in [0.05, 0.1) is 11.3 Å². The van der Waals surface area contributed by atoms with Crippen LogP contribution < -0.4 is 10.6 Å². The first kappa shape index (κ1) is 14.0. The predicted octanol–water partition coefficient (Wildman–Crippen LogP) is 0.459. The minimum absolute atomic E-state index is 0.0226. The molecule has 1 fully saturated rings. The topological polar surface area (TPSA) is 78.4 Å². The molecule has 98 valence electrons. The lowest BCUT2D eigenvalue weighted by molar-refractivity contribution is -0.141. The molecular weight excluding hydrogens is 220 g/mol. The van der Waals surface area contributed by atoms with Gasteiger partial charge in [-0.1, -0.05) is 20.8 Å². The molecule has 3 N–H and O–H groups in total. The first-order valence-corrected chi connectivity index (χ1v) is 6.12. The minimum Gasteiger partial charge on any atom is -0.481 e. The molecule has 17 heavy (non-hydrogen) atoms. The fraction of sp³-hybridized carbons (Fsp3) is 0.833. The van der Waals surface area contributed by atoms with E-state index in [4.69, 9.17) is 5.11 Å². The molecule has 0 aromatic carbocycles. The molecule has 1 aliphatic heterocycles. The van der Waals surface area contributed by atoms with Crippen molar-refractivity contribution in [1.29, 1.82) is 0 Å². The van der Waals surface area contributed by atoms with Gasteiger partial charge >= 0.3 is 5.97 Å². The molecule has 1 aliphatic rings. The van der Waals surface area contributed by atoms with Gasteiger partial charge < -0.3 is 15.7 Å². The highest BCUT2D eigenvalue weighted by molar-refractivity contribution is 5.84. The van der Waals surface area contributed by atoms with Crippen LogP contribution in [0.4, 0.5) is 0 Å². The number of aliphatic carboxylic acids is 1. The summed E-state index contributed by atoms with van der Waals surface area (Å²) in [6.45, 7) is 7.39. The van der Waals surface area contributed by atoms with Crippen molar-refractivity contribution in [3.05, 3.63) is 0 Å². The number of carbonyl (C=O) groups excluding carboxylic acids is 1. The van der Waals surface area contributed by atoms with E-state index in [0.29, 0.717) is 6.54 Å². The summed E-state index contributed by atoms with van der Waals surface area (Å²) in [6.07, 6.45) is 0.817. The fourth-order valence-electron chi connectivity index (χ4n) is 2.17. The van der Waals surface area contributed by atoms with E-state index in [1.807, 2.05) is 13.8 Å². The van der Waals surface area contributed by atoms with Gasteiger partial charge in [0.2, 0.25) is 5.91 Å². The summed E-state index contributed by atoms with van der Waals surface area (Å²) < 4.78 is 0. The molecule has 0 aromatic rings. The molecule has 0 aliphatic carbocycles. The van der Waals surface area contributed by atoms with Gasteiger partial charge in [0.15, 0.2) is 0 Å². The standard InChI is InChI=1S/C12H22N2O3/c1-8(2)12(4-5-13-7-12)11(17)14-6-9(3)10(15)16/h8-9,13H,4-7H2,1-3H3,(H,14,17)(H,15,16). The van der Waals surface area contributed by atoms with Gasteiger partial charge in [-0.15, -0.1) is 0 Å². The number of hydrogen-bond acceptors (Lipinski definition) is 3. The Balaban J connectivity index is 2.58. The Kier molecular flexibility index (Phi) is 4.51. The zero-order chi connectivity index (χ0) is 13.1. The van der Waals surface area contributed by atoms with E-state index in [1.165, 1.54) is 0 Å². The van der Waals surface area contributed by atoms with Gasteiger partial charge in [-0.2, -0.15) is 0 Å². The van der Waals surface area contributed by atoms with Gasteiger partial charge in [-0.25, -0.2) is 0 Å². The van der Waals surface area contributed by atoms with Crippen LogP contribution in [0.2, 0.25) is 0 Å². The largest absolute Gasteiger partial charge is 0.481 e. The summed E-state index contributed by atoms with van der Waals surface area (Å²) in [6, 6.07) is 0. The van der Waals surface area contributed by atoms with Crippen molar-refractivity contribution in [2.75, 3.05) is 19.6 Å². The summed E-state index contributed by atoms with van der Waals surface area (Å²) in [4.78, 5) is 22.9. The van der Waals surface area contributed by atoms with Crippen LogP contribution >= 0.6 is 0 Å².